The minimum Gasteiger partial charge on any atom is -0.490 e. The van der Waals surface area contributed by atoms with Gasteiger partial charge in [-0.1, -0.05) is 18.6 Å². The highest BCUT2D eigenvalue weighted by atomic mass is 16.5. The molecule has 0 amide bonds. The van der Waals surface area contributed by atoms with Crippen molar-refractivity contribution in [2.45, 2.75) is 25.3 Å². The number of hydrogen-bond donors (Lipinski definition) is 0. The van der Waals surface area contributed by atoms with E-state index in [-0.39, 0.29) is 0 Å². The van der Waals surface area contributed by atoms with Crippen molar-refractivity contribution in [3.63, 3.8) is 0 Å². The molecular weight excluding hydrogens is 274 g/mol. The van der Waals surface area contributed by atoms with Crippen LogP contribution in [-0.2, 0) is 0 Å². The lowest BCUT2D eigenvalue weighted by atomic mass is 10.0. The molecule has 0 N–H and O–H groups in total. The van der Waals surface area contributed by atoms with Gasteiger partial charge in [0, 0.05) is 32.2 Å². The maximum atomic E-state index is 6.23. The van der Waals surface area contributed by atoms with Gasteiger partial charge in [0.1, 0.15) is 12.4 Å². The lowest BCUT2D eigenvalue weighted by molar-refractivity contribution is 0.125. The van der Waals surface area contributed by atoms with Gasteiger partial charge >= 0.3 is 0 Å². The Morgan fingerprint density at radius 3 is 2.55 bits per heavy atom. The van der Waals surface area contributed by atoms with E-state index in [0.717, 1.165) is 38.5 Å². The van der Waals surface area contributed by atoms with Gasteiger partial charge in [0.15, 0.2) is 0 Å². The van der Waals surface area contributed by atoms with E-state index in [1.165, 1.54) is 31.5 Å². The number of likely N-dealkylation sites (tertiary alicyclic amines) is 1. The third-order valence-electron chi connectivity index (χ3n) is 5.06. The van der Waals surface area contributed by atoms with Crippen LogP contribution in [0.5, 0.6) is 5.75 Å². The Kier molecular flexibility index (Phi) is 5.21. The average molecular weight is 303 g/mol. The number of likely N-dealkylation sites (N-methyl/N-ethyl adjacent to an activating group) is 2. The summed E-state index contributed by atoms with van der Waals surface area (Å²) in [6.45, 7) is 6.43. The van der Waals surface area contributed by atoms with E-state index >= 15 is 0 Å². The number of rotatable bonds is 4. The van der Waals surface area contributed by atoms with Crippen molar-refractivity contribution in [2.75, 3.05) is 58.3 Å². The first-order valence-electron chi connectivity index (χ1n) is 8.59. The molecule has 1 atom stereocenters. The van der Waals surface area contributed by atoms with Gasteiger partial charge in [-0.3, -0.25) is 0 Å². The van der Waals surface area contributed by atoms with Crippen molar-refractivity contribution in [3.8, 4) is 5.75 Å². The first-order valence-corrected chi connectivity index (χ1v) is 8.59. The van der Waals surface area contributed by atoms with E-state index in [2.05, 4.69) is 53.1 Å². The SMILES string of the molecule is CN1CCN(c2ccccc2OCC2CCCCN2C)CC1. The number of piperidine rings is 1. The molecule has 0 saturated carbocycles. The molecule has 2 saturated heterocycles. The number of hydrogen-bond acceptors (Lipinski definition) is 4. The van der Waals surface area contributed by atoms with E-state index in [4.69, 9.17) is 4.74 Å². The van der Waals surface area contributed by atoms with Crippen molar-refractivity contribution in [1.82, 2.24) is 9.80 Å². The molecule has 2 fully saturated rings. The smallest absolute Gasteiger partial charge is 0.142 e. The van der Waals surface area contributed by atoms with Crippen LogP contribution in [-0.4, -0.2) is 69.3 Å². The van der Waals surface area contributed by atoms with E-state index < -0.39 is 0 Å². The van der Waals surface area contributed by atoms with Crippen LogP contribution in [0.4, 0.5) is 5.69 Å². The molecule has 3 rings (SSSR count). The molecule has 1 aromatic carbocycles. The molecular formula is C18H29N3O. The van der Waals surface area contributed by atoms with Crippen molar-refractivity contribution >= 4 is 5.69 Å². The Morgan fingerprint density at radius 1 is 1.00 bits per heavy atom. The van der Waals surface area contributed by atoms with Gasteiger partial charge in [-0.2, -0.15) is 0 Å². The molecule has 0 radical (unpaired) electrons. The van der Waals surface area contributed by atoms with Gasteiger partial charge in [0.25, 0.3) is 0 Å². The molecule has 122 valence electrons. The second-order valence-electron chi connectivity index (χ2n) is 6.70. The van der Waals surface area contributed by atoms with Gasteiger partial charge in [-0.15, -0.1) is 0 Å². The molecule has 4 nitrogen and oxygen atoms in total. The normalized spacial score (nSPS) is 24.5. The van der Waals surface area contributed by atoms with Crippen molar-refractivity contribution in [2.24, 2.45) is 0 Å². The van der Waals surface area contributed by atoms with Crippen molar-refractivity contribution in [3.05, 3.63) is 24.3 Å². The Labute approximate surface area is 134 Å². The van der Waals surface area contributed by atoms with Crippen molar-refractivity contribution in [1.29, 1.82) is 0 Å². The molecule has 1 aromatic rings. The third kappa shape index (κ3) is 3.73. The van der Waals surface area contributed by atoms with Gasteiger partial charge < -0.3 is 19.4 Å². The summed E-state index contributed by atoms with van der Waals surface area (Å²) in [5.41, 5.74) is 1.26. The summed E-state index contributed by atoms with van der Waals surface area (Å²) in [4.78, 5) is 7.29. The highest BCUT2D eigenvalue weighted by Gasteiger charge is 2.21. The summed E-state index contributed by atoms with van der Waals surface area (Å²) in [6, 6.07) is 9.09. The van der Waals surface area contributed by atoms with Crippen LogP contribution in [0.15, 0.2) is 24.3 Å². The average Bonchev–Trinajstić information content (AvgIpc) is 2.55. The molecule has 22 heavy (non-hydrogen) atoms. The Morgan fingerprint density at radius 2 is 1.77 bits per heavy atom. The standard InChI is InChI=1S/C18H29N3O/c1-19-11-13-21(14-12-19)17-8-3-4-9-18(17)22-15-16-7-5-6-10-20(16)2/h3-4,8-9,16H,5-7,10-15H2,1-2H3. The van der Waals surface area contributed by atoms with Crippen LogP contribution in [0.25, 0.3) is 0 Å². The zero-order valence-corrected chi connectivity index (χ0v) is 14.0. The number of piperazine rings is 1. The predicted octanol–water partition coefficient (Wildman–Crippen LogP) is 2.30. The van der Waals surface area contributed by atoms with E-state index in [1.807, 2.05) is 0 Å². The van der Waals surface area contributed by atoms with Gasteiger partial charge in [-0.05, 0) is 45.6 Å². The Balaban J connectivity index is 1.63. The highest BCUT2D eigenvalue weighted by Crippen LogP contribution is 2.29. The summed E-state index contributed by atoms with van der Waals surface area (Å²) in [5, 5.41) is 0. The molecule has 0 bridgehead atoms. The van der Waals surface area contributed by atoms with Gasteiger partial charge in [0.05, 0.1) is 5.69 Å². The number of benzene rings is 1. The molecule has 0 spiro atoms. The largest absolute Gasteiger partial charge is 0.490 e. The lowest BCUT2D eigenvalue weighted by Crippen LogP contribution is -2.44. The molecule has 1 unspecified atom stereocenters. The minimum absolute atomic E-state index is 0.564. The maximum Gasteiger partial charge on any atom is 0.142 e. The quantitative estimate of drug-likeness (QED) is 0.849. The van der Waals surface area contributed by atoms with E-state index in [9.17, 15) is 0 Å². The van der Waals surface area contributed by atoms with Crippen LogP contribution >= 0.6 is 0 Å². The number of para-hydroxylation sites is 2. The zero-order chi connectivity index (χ0) is 15.4. The second-order valence-corrected chi connectivity index (χ2v) is 6.70. The lowest BCUT2D eigenvalue weighted by Gasteiger charge is -2.36. The number of ether oxygens (including phenoxy) is 1. The van der Waals surface area contributed by atoms with Gasteiger partial charge in [-0.25, -0.2) is 0 Å². The fraction of sp³-hybridized carbons (Fsp3) is 0.667. The summed E-state index contributed by atoms with van der Waals surface area (Å²) >= 11 is 0. The van der Waals surface area contributed by atoms with Gasteiger partial charge in [0.2, 0.25) is 0 Å². The van der Waals surface area contributed by atoms with Crippen LogP contribution in [0.1, 0.15) is 19.3 Å². The Bertz CT molecular complexity index is 471. The summed E-state index contributed by atoms with van der Waals surface area (Å²) in [6.07, 6.45) is 3.91. The first kappa shape index (κ1) is 15.6. The van der Waals surface area contributed by atoms with Crippen molar-refractivity contribution < 1.29 is 4.74 Å². The van der Waals surface area contributed by atoms with E-state index in [1.54, 1.807) is 0 Å². The Hall–Kier alpha value is -1.26. The van der Waals surface area contributed by atoms with Crippen LogP contribution in [0.3, 0.4) is 0 Å². The van der Waals surface area contributed by atoms with E-state index in [0.29, 0.717) is 6.04 Å². The second kappa shape index (κ2) is 7.34. The van der Waals surface area contributed by atoms with Crippen LogP contribution in [0, 0.1) is 0 Å². The molecule has 2 heterocycles. The number of anilines is 1. The number of nitrogens with zero attached hydrogens (tertiary/aromatic N) is 3. The highest BCUT2D eigenvalue weighted by molar-refractivity contribution is 5.58. The molecule has 0 aliphatic carbocycles. The third-order valence-corrected chi connectivity index (χ3v) is 5.06. The minimum atomic E-state index is 0.564. The maximum absolute atomic E-state index is 6.23. The predicted molar refractivity (Wildman–Crippen MR) is 91.9 cm³/mol. The summed E-state index contributed by atoms with van der Waals surface area (Å²) in [7, 11) is 4.41. The molecule has 2 aliphatic rings. The monoisotopic (exact) mass is 303 g/mol. The molecule has 4 heteroatoms. The summed E-state index contributed by atoms with van der Waals surface area (Å²) < 4.78 is 6.23. The molecule has 2 aliphatic heterocycles. The molecule has 0 aromatic heterocycles. The fourth-order valence-electron chi connectivity index (χ4n) is 3.43. The topological polar surface area (TPSA) is 19.0 Å². The van der Waals surface area contributed by atoms with Crippen LogP contribution < -0.4 is 9.64 Å². The fourth-order valence-corrected chi connectivity index (χ4v) is 3.43. The first-order chi connectivity index (χ1) is 10.7. The summed E-state index contributed by atoms with van der Waals surface area (Å²) in [5.74, 6) is 1.05. The zero-order valence-electron chi connectivity index (χ0n) is 14.0. The van der Waals surface area contributed by atoms with Crippen LogP contribution in [0.2, 0.25) is 0 Å².